The van der Waals surface area contributed by atoms with Gasteiger partial charge in [0, 0.05) is 37.6 Å². The van der Waals surface area contributed by atoms with E-state index in [0.717, 1.165) is 36.9 Å². The molecule has 7 heteroatoms. The summed E-state index contributed by atoms with van der Waals surface area (Å²) in [6.07, 6.45) is 2.42. The van der Waals surface area contributed by atoms with Crippen LogP contribution in [0.5, 0.6) is 0 Å². The van der Waals surface area contributed by atoms with E-state index in [1.165, 1.54) is 16.5 Å². The summed E-state index contributed by atoms with van der Waals surface area (Å²) >= 11 is 1.73. The van der Waals surface area contributed by atoms with E-state index < -0.39 is 0 Å². The van der Waals surface area contributed by atoms with Gasteiger partial charge in [-0.3, -0.25) is 14.5 Å². The van der Waals surface area contributed by atoms with Crippen LogP contribution in [0.2, 0.25) is 0 Å². The van der Waals surface area contributed by atoms with Gasteiger partial charge in [-0.2, -0.15) is 0 Å². The minimum atomic E-state index is -0.260. The molecule has 3 heterocycles. The van der Waals surface area contributed by atoms with Crippen molar-refractivity contribution >= 4 is 23.2 Å². The van der Waals surface area contributed by atoms with Crippen molar-refractivity contribution < 1.29 is 14.0 Å². The van der Waals surface area contributed by atoms with Gasteiger partial charge in [0.2, 0.25) is 11.8 Å². The van der Waals surface area contributed by atoms with Crippen LogP contribution in [0.4, 0.5) is 4.39 Å². The maximum Gasteiger partial charge on any atom is 0.236 e. The smallest absolute Gasteiger partial charge is 0.236 e. The van der Waals surface area contributed by atoms with Gasteiger partial charge >= 0.3 is 0 Å². The highest BCUT2D eigenvalue weighted by Gasteiger charge is 2.33. The van der Waals surface area contributed by atoms with E-state index in [0.29, 0.717) is 26.2 Å². The first-order valence-corrected chi connectivity index (χ1v) is 14.1. The molecule has 0 N–H and O–H groups in total. The highest BCUT2D eigenvalue weighted by Crippen LogP contribution is 2.37. The van der Waals surface area contributed by atoms with Gasteiger partial charge < -0.3 is 9.80 Å². The second-order valence-corrected chi connectivity index (χ2v) is 10.9. The number of thiophene rings is 1. The summed E-state index contributed by atoms with van der Waals surface area (Å²) in [6.45, 7) is 5.50. The summed E-state index contributed by atoms with van der Waals surface area (Å²) in [4.78, 5) is 34.2. The van der Waals surface area contributed by atoms with Crippen molar-refractivity contribution in [2.75, 3.05) is 39.3 Å². The summed E-state index contributed by atoms with van der Waals surface area (Å²) in [5.74, 6) is -0.187. The molecule has 3 aromatic rings. The van der Waals surface area contributed by atoms with Crippen LogP contribution in [0.25, 0.3) is 0 Å². The Kier molecular flexibility index (Phi) is 8.01. The molecule has 5 rings (SSSR count). The van der Waals surface area contributed by atoms with Gasteiger partial charge in [-0.1, -0.05) is 49.4 Å². The first-order valence-electron chi connectivity index (χ1n) is 13.2. The number of halogens is 1. The van der Waals surface area contributed by atoms with Gasteiger partial charge in [-0.25, -0.2) is 4.39 Å². The predicted octanol–water partition coefficient (Wildman–Crippen LogP) is 5.09. The van der Waals surface area contributed by atoms with Crippen molar-refractivity contribution in [2.45, 2.75) is 38.1 Å². The summed E-state index contributed by atoms with van der Waals surface area (Å²) in [5, 5.41) is 2.09. The SMILES string of the molecule is CC[C@H](C(=O)N1CCCN(C(=O)CN2CCc3sccc3[C@@H]2c2cccc(F)c2)CC1)c1ccccc1. The van der Waals surface area contributed by atoms with Crippen LogP contribution in [0.15, 0.2) is 66.0 Å². The van der Waals surface area contributed by atoms with Crippen LogP contribution in [0.1, 0.15) is 53.3 Å². The highest BCUT2D eigenvalue weighted by atomic mass is 32.1. The van der Waals surface area contributed by atoms with Crippen molar-refractivity contribution in [1.82, 2.24) is 14.7 Å². The Labute approximate surface area is 222 Å². The number of fused-ring (bicyclic) bond motifs is 1. The van der Waals surface area contributed by atoms with Crippen molar-refractivity contribution in [1.29, 1.82) is 0 Å². The highest BCUT2D eigenvalue weighted by molar-refractivity contribution is 7.10. The van der Waals surface area contributed by atoms with Crippen LogP contribution in [-0.4, -0.2) is 65.8 Å². The summed E-state index contributed by atoms with van der Waals surface area (Å²) in [6, 6.07) is 18.7. The Morgan fingerprint density at radius 2 is 1.76 bits per heavy atom. The maximum atomic E-state index is 14.1. The third kappa shape index (κ3) is 5.63. The summed E-state index contributed by atoms with van der Waals surface area (Å²) in [5.41, 5.74) is 3.11. The third-order valence-electron chi connectivity index (χ3n) is 7.64. The van der Waals surface area contributed by atoms with E-state index in [2.05, 4.69) is 23.3 Å². The zero-order valence-corrected chi connectivity index (χ0v) is 22.1. The van der Waals surface area contributed by atoms with Crippen molar-refractivity contribution in [3.05, 3.63) is 93.4 Å². The number of benzene rings is 2. The van der Waals surface area contributed by atoms with Crippen molar-refractivity contribution in [3.8, 4) is 0 Å². The minimum Gasteiger partial charge on any atom is -0.340 e. The Hall–Kier alpha value is -3.03. The molecule has 2 atom stereocenters. The molecule has 2 aliphatic rings. The molecule has 0 spiro atoms. The number of nitrogens with zero attached hydrogens (tertiary/aromatic N) is 3. The number of carbonyl (C=O) groups excluding carboxylic acids is 2. The van der Waals surface area contributed by atoms with Gasteiger partial charge in [-0.15, -0.1) is 11.3 Å². The molecule has 37 heavy (non-hydrogen) atoms. The average molecular weight is 520 g/mol. The van der Waals surface area contributed by atoms with Gasteiger partial charge in [0.25, 0.3) is 0 Å². The lowest BCUT2D eigenvalue weighted by atomic mass is 9.93. The van der Waals surface area contributed by atoms with Crippen molar-refractivity contribution in [2.24, 2.45) is 0 Å². The van der Waals surface area contributed by atoms with E-state index in [1.807, 2.05) is 46.2 Å². The lowest BCUT2D eigenvalue weighted by Gasteiger charge is -2.37. The Morgan fingerprint density at radius 1 is 0.973 bits per heavy atom. The molecule has 2 amide bonds. The Morgan fingerprint density at radius 3 is 2.54 bits per heavy atom. The molecule has 2 aliphatic heterocycles. The topological polar surface area (TPSA) is 43.9 Å². The van der Waals surface area contributed by atoms with Gasteiger partial charge in [0.1, 0.15) is 5.82 Å². The van der Waals surface area contributed by atoms with Crippen LogP contribution in [0.3, 0.4) is 0 Å². The fraction of sp³-hybridized carbons (Fsp3) is 0.400. The van der Waals surface area contributed by atoms with E-state index in [1.54, 1.807) is 23.5 Å². The molecule has 0 saturated carbocycles. The number of carbonyl (C=O) groups is 2. The second kappa shape index (κ2) is 11.6. The number of rotatable bonds is 6. The van der Waals surface area contributed by atoms with Gasteiger partial charge in [-0.05, 0) is 59.5 Å². The van der Waals surface area contributed by atoms with E-state index in [9.17, 15) is 14.0 Å². The zero-order valence-electron chi connectivity index (χ0n) is 21.3. The second-order valence-electron chi connectivity index (χ2n) is 9.91. The molecule has 194 valence electrons. The van der Waals surface area contributed by atoms with Gasteiger partial charge in [0.15, 0.2) is 0 Å². The van der Waals surface area contributed by atoms with E-state index in [-0.39, 0.29) is 36.1 Å². The number of hydrogen-bond donors (Lipinski definition) is 0. The van der Waals surface area contributed by atoms with E-state index in [4.69, 9.17) is 0 Å². The lowest BCUT2D eigenvalue weighted by Crippen LogP contribution is -2.45. The molecule has 0 unspecified atom stereocenters. The molecular weight excluding hydrogens is 485 g/mol. The maximum absolute atomic E-state index is 14.1. The first-order chi connectivity index (χ1) is 18.0. The molecule has 5 nitrogen and oxygen atoms in total. The lowest BCUT2D eigenvalue weighted by molar-refractivity contribution is -0.135. The number of hydrogen-bond acceptors (Lipinski definition) is 4. The van der Waals surface area contributed by atoms with Crippen molar-refractivity contribution in [3.63, 3.8) is 0 Å². The van der Waals surface area contributed by atoms with Crippen LogP contribution < -0.4 is 0 Å². The largest absolute Gasteiger partial charge is 0.340 e. The quantitative estimate of drug-likeness (QED) is 0.456. The molecule has 1 aromatic heterocycles. The average Bonchev–Trinajstić information content (AvgIpc) is 3.25. The monoisotopic (exact) mass is 519 g/mol. The fourth-order valence-electron chi connectivity index (χ4n) is 5.73. The normalized spacial score (nSPS) is 19.2. The van der Waals surface area contributed by atoms with E-state index >= 15 is 0 Å². The molecular formula is C30H34FN3O2S. The zero-order chi connectivity index (χ0) is 25.8. The van der Waals surface area contributed by atoms with Crippen LogP contribution >= 0.6 is 11.3 Å². The van der Waals surface area contributed by atoms with Crippen LogP contribution in [0, 0.1) is 5.82 Å². The molecule has 1 saturated heterocycles. The standard InChI is InChI=1S/C30H34FN3O2S/c1-2-25(22-8-4-3-5-9-22)30(36)33-15-7-14-32(17-18-33)28(35)21-34-16-12-27-26(13-19-37-27)29(34)23-10-6-11-24(31)20-23/h3-6,8-11,13,19-20,25,29H,2,7,12,14-18,21H2,1H3/t25-,29-/m0/s1. The Bertz CT molecular complexity index is 1230. The summed E-state index contributed by atoms with van der Waals surface area (Å²) in [7, 11) is 0. The summed E-state index contributed by atoms with van der Waals surface area (Å²) < 4.78 is 14.1. The molecule has 0 aliphatic carbocycles. The number of amides is 2. The van der Waals surface area contributed by atoms with Crippen LogP contribution in [-0.2, 0) is 16.0 Å². The third-order valence-corrected chi connectivity index (χ3v) is 8.63. The minimum absolute atomic E-state index is 0.0736. The molecule has 1 fully saturated rings. The molecule has 2 aromatic carbocycles. The molecule has 0 bridgehead atoms. The predicted molar refractivity (Wildman–Crippen MR) is 145 cm³/mol. The first kappa shape index (κ1) is 25.6. The fourth-order valence-corrected chi connectivity index (χ4v) is 6.63. The van der Waals surface area contributed by atoms with Gasteiger partial charge in [0.05, 0.1) is 18.5 Å². The Balaban J connectivity index is 1.26. The molecule has 0 radical (unpaired) electrons.